The molecule has 6 nitrogen and oxygen atoms in total. The van der Waals surface area contributed by atoms with Gasteiger partial charge in [-0.3, -0.25) is 5.10 Å². The van der Waals surface area contributed by atoms with Gasteiger partial charge < -0.3 is 10.4 Å². The smallest absolute Gasteiger partial charge is 0.164 e. The molecule has 130 valence electrons. The molecule has 4 rings (SSSR count). The fourth-order valence-electron chi connectivity index (χ4n) is 2.75. The first kappa shape index (κ1) is 16.2. The molecule has 0 spiro atoms. The molecule has 0 aliphatic rings. The van der Waals surface area contributed by atoms with Crippen LogP contribution in [0.2, 0.25) is 0 Å². The van der Waals surface area contributed by atoms with Crippen LogP contribution in [0.3, 0.4) is 0 Å². The number of aryl methyl sites for hydroxylation is 1. The van der Waals surface area contributed by atoms with Gasteiger partial charge in [-0.1, -0.05) is 30.3 Å². The zero-order valence-corrected chi connectivity index (χ0v) is 13.9. The third-order valence-electron chi connectivity index (χ3n) is 4.02. The van der Waals surface area contributed by atoms with Gasteiger partial charge in [-0.15, -0.1) is 0 Å². The number of halogens is 1. The summed E-state index contributed by atoms with van der Waals surface area (Å²) in [5.74, 6) is 0.697. The van der Waals surface area contributed by atoms with Crippen LogP contribution >= 0.6 is 0 Å². The van der Waals surface area contributed by atoms with Crippen LogP contribution in [0.5, 0.6) is 0 Å². The lowest BCUT2D eigenvalue weighted by Gasteiger charge is -2.14. The molecule has 0 saturated carbocycles. The average Bonchev–Trinajstić information content (AvgIpc) is 3.06. The number of aromatic amines is 1. The molecule has 7 heteroatoms. The van der Waals surface area contributed by atoms with Crippen molar-refractivity contribution in [3.05, 3.63) is 77.5 Å². The lowest BCUT2D eigenvalue weighted by atomic mass is 10.1. The summed E-state index contributed by atoms with van der Waals surface area (Å²) in [6.07, 6.45) is -1.28. The van der Waals surface area contributed by atoms with Gasteiger partial charge in [0.05, 0.1) is 5.52 Å². The monoisotopic (exact) mass is 349 g/mol. The highest BCUT2D eigenvalue weighted by Crippen LogP contribution is 2.28. The Balaban J connectivity index is 1.82. The number of nitrogens with zero attached hydrogens (tertiary/aromatic N) is 3. The Morgan fingerprint density at radius 2 is 1.85 bits per heavy atom. The van der Waals surface area contributed by atoms with E-state index in [2.05, 4.69) is 25.5 Å². The Morgan fingerprint density at radius 1 is 1.08 bits per heavy atom. The van der Waals surface area contributed by atoms with E-state index in [-0.39, 0.29) is 11.4 Å². The minimum Gasteiger partial charge on any atom is -0.380 e. The SMILES string of the molecule is Cc1cc(Nc2nc(C(O)c3ccccc3F)nc3ccccc23)n[nH]1. The molecule has 4 aromatic rings. The van der Waals surface area contributed by atoms with E-state index in [1.807, 2.05) is 37.3 Å². The number of aliphatic hydroxyl groups is 1. The Morgan fingerprint density at radius 3 is 2.62 bits per heavy atom. The van der Waals surface area contributed by atoms with E-state index in [1.54, 1.807) is 12.1 Å². The maximum absolute atomic E-state index is 14.0. The van der Waals surface area contributed by atoms with Crippen LogP contribution in [0.25, 0.3) is 10.9 Å². The standard InChI is InChI=1S/C19H16FN5O/c1-11-10-16(25-24-11)22-18-13-7-3-5-9-15(13)21-19(23-18)17(26)12-6-2-4-8-14(12)20/h2-10,17,26H,1H3,(H2,21,22,23,24,25). The number of H-pyrrole nitrogens is 1. The van der Waals surface area contributed by atoms with Gasteiger partial charge in [0.15, 0.2) is 11.6 Å². The predicted octanol–water partition coefficient (Wildman–Crippen LogP) is 3.63. The highest BCUT2D eigenvalue weighted by atomic mass is 19.1. The number of nitrogens with one attached hydrogen (secondary N) is 2. The number of benzene rings is 2. The molecular formula is C19H16FN5O. The van der Waals surface area contributed by atoms with Crippen molar-refractivity contribution < 1.29 is 9.50 Å². The van der Waals surface area contributed by atoms with E-state index in [9.17, 15) is 9.50 Å². The van der Waals surface area contributed by atoms with E-state index >= 15 is 0 Å². The van der Waals surface area contributed by atoms with Gasteiger partial charge in [0, 0.05) is 22.7 Å². The molecule has 2 aromatic heterocycles. The van der Waals surface area contributed by atoms with E-state index in [1.165, 1.54) is 12.1 Å². The summed E-state index contributed by atoms with van der Waals surface area (Å²) in [5.41, 5.74) is 1.67. The summed E-state index contributed by atoms with van der Waals surface area (Å²) < 4.78 is 14.0. The van der Waals surface area contributed by atoms with Crippen molar-refractivity contribution in [1.29, 1.82) is 0 Å². The van der Waals surface area contributed by atoms with E-state index < -0.39 is 11.9 Å². The van der Waals surface area contributed by atoms with Crippen molar-refractivity contribution in [3.8, 4) is 0 Å². The van der Waals surface area contributed by atoms with Crippen LogP contribution in [-0.2, 0) is 0 Å². The maximum atomic E-state index is 14.0. The van der Waals surface area contributed by atoms with E-state index in [4.69, 9.17) is 0 Å². The molecule has 0 bridgehead atoms. The summed E-state index contributed by atoms with van der Waals surface area (Å²) in [6.45, 7) is 1.89. The number of hydrogen-bond acceptors (Lipinski definition) is 5. The molecule has 26 heavy (non-hydrogen) atoms. The van der Waals surface area contributed by atoms with Crippen molar-refractivity contribution in [2.24, 2.45) is 0 Å². The fourth-order valence-corrected chi connectivity index (χ4v) is 2.75. The molecule has 0 amide bonds. The molecule has 0 fully saturated rings. The van der Waals surface area contributed by atoms with E-state index in [0.29, 0.717) is 17.2 Å². The lowest BCUT2D eigenvalue weighted by Crippen LogP contribution is -2.09. The highest BCUT2D eigenvalue weighted by molar-refractivity contribution is 5.90. The van der Waals surface area contributed by atoms with Crippen LogP contribution in [0.1, 0.15) is 23.2 Å². The fraction of sp³-hybridized carbons (Fsp3) is 0.105. The lowest BCUT2D eigenvalue weighted by molar-refractivity contribution is 0.205. The predicted molar refractivity (Wildman–Crippen MR) is 96.6 cm³/mol. The third kappa shape index (κ3) is 3.00. The van der Waals surface area contributed by atoms with Gasteiger partial charge in [-0.2, -0.15) is 5.10 Å². The molecule has 0 saturated heterocycles. The Labute approximate surface area is 148 Å². The van der Waals surface area contributed by atoms with Gasteiger partial charge >= 0.3 is 0 Å². The number of rotatable bonds is 4. The van der Waals surface area contributed by atoms with Crippen molar-refractivity contribution in [2.45, 2.75) is 13.0 Å². The van der Waals surface area contributed by atoms with Crippen LogP contribution < -0.4 is 5.32 Å². The summed E-state index contributed by atoms with van der Waals surface area (Å²) >= 11 is 0. The topological polar surface area (TPSA) is 86.7 Å². The number of aliphatic hydroxyl groups excluding tert-OH is 1. The number of para-hydroxylation sites is 1. The summed E-state index contributed by atoms with van der Waals surface area (Å²) in [5, 5.41) is 21.5. The average molecular weight is 349 g/mol. The molecule has 3 N–H and O–H groups in total. The molecule has 2 aromatic carbocycles. The second-order valence-electron chi connectivity index (χ2n) is 5.93. The van der Waals surface area contributed by atoms with Crippen molar-refractivity contribution in [1.82, 2.24) is 20.2 Å². The zero-order valence-electron chi connectivity index (χ0n) is 13.9. The second-order valence-corrected chi connectivity index (χ2v) is 5.93. The highest BCUT2D eigenvalue weighted by Gasteiger charge is 2.20. The van der Waals surface area contributed by atoms with Crippen LogP contribution in [-0.4, -0.2) is 25.3 Å². The normalized spacial score (nSPS) is 12.3. The molecule has 2 heterocycles. The largest absolute Gasteiger partial charge is 0.380 e. The molecule has 1 unspecified atom stereocenters. The number of fused-ring (bicyclic) bond motifs is 1. The quantitative estimate of drug-likeness (QED) is 0.524. The number of anilines is 2. The molecular weight excluding hydrogens is 333 g/mol. The van der Waals surface area contributed by atoms with Gasteiger partial charge in [-0.25, -0.2) is 14.4 Å². The first-order chi connectivity index (χ1) is 12.6. The van der Waals surface area contributed by atoms with Crippen molar-refractivity contribution in [3.63, 3.8) is 0 Å². The van der Waals surface area contributed by atoms with Crippen molar-refractivity contribution >= 4 is 22.5 Å². The van der Waals surface area contributed by atoms with Gasteiger partial charge in [0.2, 0.25) is 0 Å². The maximum Gasteiger partial charge on any atom is 0.164 e. The summed E-state index contributed by atoms with van der Waals surface area (Å²) in [7, 11) is 0. The van der Waals surface area contributed by atoms with Crippen LogP contribution in [0, 0.1) is 12.7 Å². The zero-order chi connectivity index (χ0) is 18.1. The first-order valence-corrected chi connectivity index (χ1v) is 8.10. The number of hydrogen-bond donors (Lipinski definition) is 3. The third-order valence-corrected chi connectivity index (χ3v) is 4.02. The Bertz CT molecular complexity index is 1080. The Kier molecular flexibility index (Phi) is 4.06. The van der Waals surface area contributed by atoms with Gasteiger partial charge in [0.25, 0.3) is 0 Å². The van der Waals surface area contributed by atoms with Gasteiger partial charge in [0.1, 0.15) is 17.7 Å². The van der Waals surface area contributed by atoms with Crippen molar-refractivity contribution in [2.75, 3.05) is 5.32 Å². The second kappa shape index (κ2) is 6.53. The van der Waals surface area contributed by atoms with Crippen LogP contribution in [0.15, 0.2) is 54.6 Å². The van der Waals surface area contributed by atoms with E-state index in [0.717, 1.165) is 11.1 Å². The minimum absolute atomic E-state index is 0.114. The molecule has 0 radical (unpaired) electrons. The molecule has 0 aliphatic heterocycles. The van der Waals surface area contributed by atoms with Gasteiger partial charge in [-0.05, 0) is 25.1 Å². The Hall–Kier alpha value is -3.32. The van der Waals surface area contributed by atoms with Crippen LogP contribution in [0.4, 0.5) is 16.0 Å². The number of aromatic nitrogens is 4. The first-order valence-electron chi connectivity index (χ1n) is 8.10. The summed E-state index contributed by atoms with van der Waals surface area (Å²) in [4.78, 5) is 8.83. The summed E-state index contributed by atoms with van der Waals surface area (Å²) in [6, 6.07) is 15.3. The molecule has 1 atom stereocenters. The molecule has 0 aliphatic carbocycles. The minimum atomic E-state index is -1.28.